The molecule has 5 rings (SSSR count). The van der Waals surface area contributed by atoms with E-state index >= 15 is 0 Å². The van der Waals surface area contributed by atoms with Crippen LogP contribution in [-0.2, 0) is 4.79 Å². The maximum atomic E-state index is 13.1. The fourth-order valence-corrected chi connectivity index (χ4v) is 4.29. The second kappa shape index (κ2) is 5.64. The lowest BCUT2D eigenvalue weighted by atomic mass is 9.86. The zero-order valence-electron chi connectivity index (χ0n) is 14.7. The highest BCUT2D eigenvalue weighted by atomic mass is 16.2. The third-order valence-electron chi connectivity index (χ3n) is 5.78. The number of fused-ring (bicyclic) bond motifs is 1. The molecule has 0 radical (unpaired) electrons. The molecule has 2 aliphatic rings. The number of aryl methyl sites for hydroxylation is 1. The van der Waals surface area contributed by atoms with E-state index in [0.29, 0.717) is 0 Å². The van der Waals surface area contributed by atoms with Crippen molar-refractivity contribution >= 4 is 22.5 Å². The number of aromatic nitrogens is 3. The Morgan fingerprint density at radius 2 is 2.12 bits per heavy atom. The van der Waals surface area contributed by atoms with Crippen LogP contribution >= 0.6 is 0 Å². The van der Waals surface area contributed by atoms with Crippen molar-refractivity contribution in [2.45, 2.75) is 19.8 Å². The van der Waals surface area contributed by atoms with Gasteiger partial charge in [-0.1, -0.05) is 0 Å². The lowest BCUT2D eigenvalue weighted by Gasteiger charge is -2.22. The number of hydrogen-bond acceptors (Lipinski definition) is 4. The minimum Gasteiger partial charge on any atom is -0.316 e. The molecule has 2 fully saturated rings. The summed E-state index contributed by atoms with van der Waals surface area (Å²) in [5, 5.41) is 12.0. The van der Waals surface area contributed by atoms with E-state index in [0.717, 1.165) is 66.0 Å². The Labute approximate surface area is 151 Å². The van der Waals surface area contributed by atoms with Gasteiger partial charge in [0.1, 0.15) is 5.69 Å². The molecular formula is C20H21N5O. The number of rotatable bonds is 2. The number of H-pyrrole nitrogens is 1. The second-order valence-electron chi connectivity index (χ2n) is 7.40. The SMILES string of the molecule is Cc1cc(-c2n[nH]c3ccc(N4CC[C@@]5(CCNC5)C4=O)cc23)ccn1. The molecule has 1 aromatic carbocycles. The van der Waals surface area contributed by atoms with Gasteiger partial charge in [0, 0.05) is 41.6 Å². The van der Waals surface area contributed by atoms with Gasteiger partial charge in [0.25, 0.3) is 0 Å². The van der Waals surface area contributed by atoms with Gasteiger partial charge >= 0.3 is 0 Å². The van der Waals surface area contributed by atoms with Crippen LogP contribution in [0.3, 0.4) is 0 Å². The maximum absolute atomic E-state index is 13.1. The van der Waals surface area contributed by atoms with Crippen LogP contribution in [0.5, 0.6) is 0 Å². The number of amides is 1. The van der Waals surface area contributed by atoms with Crippen molar-refractivity contribution in [1.82, 2.24) is 20.5 Å². The molecule has 0 bridgehead atoms. The molecule has 2 aliphatic heterocycles. The molecule has 3 aromatic rings. The largest absolute Gasteiger partial charge is 0.316 e. The van der Waals surface area contributed by atoms with Crippen molar-refractivity contribution < 1.29 is 4.79 Å². The number of pyridine rings is 1. The van der Waals surface area contributed by atoms with E-state index in [1.807, 2.05) is 36.1 Å². The molecule has 0 unspecified atom stereocenters. The summed E-state index contributed by atoms with van der Waals surface area (Å²) in [7, 11) is 0. The maximum Gasteiger partial charge on any atom is 0.234 e. The zero-order chi connectivity index (χ0) is 17.7. The zero-order valence-corrected chi connectivity index (χ0v) is 14.7. The van der Waals surface area contributed by atoms with E-state index in [-0.39, 0.29) is 11.3 Å². The third kappa shape index (κ3) is 2.25. The van der Waals surface area contributed by atoms with Crippen LogP contribution in [0.4, 0.5) is 5.69 Å². The highest BCUT2D eigenvalue weighted by molar-refractivity contribution is 6.03. The van der Waals surface area contributed by atoms with Gasteiger partial charge in [-0.05, 0) is 56.6 Å². The first-order valence-corrected chi connectivity index (χ1v) is 9.10. The molecule has 132 valence electrons. The lowest BCUT2D eigenvalue weighted by Crippen LogP contribution is -2.36. The number of nitrogens with one attached hydrogen (secondary N) is 2. The summed E-state index contributed by atoms with van der Waals surface area (Å²) >= 11 is 0. The van der Waals surface area contributed by atoms with Gasteiger partial charge in [-0.15, -0.1) is 0 Å². The summed E-state index contributed by atoms with van der Waals surface area (Å²) in [6, 6.07) is 10.1. The predicted octanol–water partition coefficient (Wildman–Crippen LogP) is 2.65. The van der Waals surface area contributed by atoms with E-state index in [1.54, 1.807) is 6.20 Å². The number of hydrogen-bond donors (Lipinski definition) is 2. The van der Waals surface area contributed by atoms with Crippen LogP contribution in [0, 0.1) is 12.3 Å². The summed E-state index contributed by atoms with van der Waals surface area (Å²) in [4.78, 5) is 19.3. The lowest BCUT2D eigenvalue weighted by molar-refractivity contribution is -0.124. The van der Waals surface area contributed by atoms with Crippen LogP contribution in [0.25, 0.3) is 22.2 Å². The van der Waals surface area contributed by atoms with Crippen molar-refractivity contribution in [3.63, 3.8) is 0 Å². The number of benzene rings is 1. The molecule has 1 atom stereocenters. The summed E-state index contributed by atoms with van der Waals surface area (Å²) < 4.78 is 0. The van der Waals surface area contributed by atoms with Gasteiger partial charge in [-0.25, -0.2) is 0 Å². The number of carbonyl (C=O) groups excluding carboxylic acids is 1. The van der Waals surface area contributed by atoms with Crippen LogP contribution in [0.1, 0.15) is 18.5 Å². The van der Waals surface area contributed by atoms with E-state index < -0.39 is 0 Å². The van der Waals surface area contributed by atoms with Crippen molar-refractivity contribution in [1.29, 1.82) is 0 Å². The van der Waals surface area contributed by atoms with E-state index in [1.165, 1.54) is 0 Å². The predicted molar refractivity (Wildman–Crippen MR) is 101 cm³/mol. The van der Waals surface area contributed by atoms with Crippen molar-refractivity contribution in [2.24, 2.45) is 5.41 Å². The highest BCUT2D eigenvalue weighted by Gasteiger charge is 2.48. The summed E-state index contributed by atoms with van der Waals surface area (Å²) in [6.07, 6.45) is 3.67. The molecule has 0 aliphatic carbocycles. The average Bonchev–Trinajstić information content (AvgIpc) is 3.36. The van der Waals surface area contributed by atoms with E-state index in [2.05, 4.69) is 26.6 Å². The third-order valence-corrected chi connectivity index (χ3v) is 5.78. The van der Waals surface area contributed by atoms with Gasteiger partial charge in [0.15, 0.2) is 0 Å². The molecule has 1 amide bonds. The van der Waals surface area contributed by atoms with E-state index in [9.17, 15) is 4.79 Å². The highest BCUT2D eigenvalue weighted by Crippen LogP contribution is 2.40. The summed E-state index contributed by atoms with van der Waals surface area (Å²) in [5.41, 5.74) is 4.62. The Balaban J connectivity index is 1.56. The molecule has 6 nitrogen and oxygen atoms in total. The minimum atomic E-state index is -0.198. The van der Waals surface area contributed by atoms with Crippen LogP contribution < -0.4 is 10.2 Å². The number of aromatic amines is 1. The van der Waals surface area contributed by atoms with Gasteiger partial charge < -0.3 is 10.2 Å². The molecule has 26 heavy (non-hydrogen) atoms. The normalized spacial score (nSPS) is 22.8. The van der Waals surface area contributed by atoms with Gasteiger partial charge in [-0.3, -0.25) is 14.9 Å². The molecule has 6 heteroatoms. The Morgan fingerprint density at radius 1 is 1.19 bits per heavy atom. The molecule has 4 heterocycles. The number of anilines is 1. The minimum absolute atomic E-state index is 0.198. The molecular weight excluding hydrogens is 326 g/mol. The smallest absolute Gasteiger partial charge is 0.234 e. The number of nitrogens with zero attached hydrogens (tertiary/aromatic N) is 3. The Bertz CT molecular complexity index is 1000. The topological polar surface area (TPSA) is 73.9 Å². The summed E-state index contributed by atoms with van der Waals surface area (Å²) in [6.45, 7) is 4.50. The van der Waals surface area contributed by atoms with Gasteiger partial charge in [-0.2, -0.15) is 5.10 Å². The van der Waals surface area contributed by atoms with Crippen molar-refractivity contribution in [3.05, 3.63) is 42.2 Å². The Morgan fingerprint density at radius 3 is 2.92 bits per heavy atom. The first-order chi connectivity index (χ1) is 12.7. The molecule has 2 saturated heterocycles. The quantitative estimate of drug-likeness (QED) is 0.747. The van der Waals surface area contributed by atoms with Crippen LogP contribution in [-0.4, -0.2) is 40.7 Å². The Kier molecular flexibility index (Phi) is 3.37. The fourth-order valence-electron chi connectivity index (χ4n) is 4.29. The van der Waals surface area contributed by atoms with E-state index in [4.69, 9.17) is 0 Å². The number of carbonyl (C=O) groups is 1. The van der Waals surface area contributed by atoms with Crippen LogP contribution in [0.2, 0.25) is 0 Å². The Hall–Kier alpha value is -2.73. The van der Waals surface area contributed by atoms with Crippen LogP contribution in [0.15, 0.2) is 36.5 Å². The second-order valence-corrected chi connectivity index (χ2v) is 7.40. The first kappa shape index (κ1) is 15.5. The monoisotopic (exact) mass is 347 g/mol. The average molecular weight is 347 g/mol. The van der Waals surface area contributed by atoms with Crippen molar-refractivity contribution in [3.8, 4) is 11.3 Å². The van der Waals surface area contributed by atoms with Gasteiger partial charge in [0.2, 0.25) is 5.91 Å². The van der Waals surface area contributed by atoms with Crippen molar-refractivity contribution in [2.75, 3.05) is 24.5 Å². The van der Waals surface area contributed by atoms with Gasteiger partial charge in [0.05, 0.1) is 10.9 Å². The fraction of sp³-hybridized carbons (Fsp3) is 0.350. The molecule has 1 spiro atoms. The molecule has 2 N–H and O–H groups in total. The molecule has 2 aromatic heterocycles. The standard InChI is InChI=1S/C20H21N5O/c1-13-10-14(4-7-22-13)18-16-11-15(2-3-17(16)23-24-18)25-9-6-20(19(25)26)5-8-21-12-20/h2-4,7,10-11,21H,5-6,8-9,12H2,1H3,(H,23,24)/t20-/m1/s1. The summed E-state index contributed by atoms with van der Waals surface area (Å²) in [5.74, 6) is 0.256. The molecule has 0 saturated carbocycles. The first-order valence-electron chi connectivity index (χ1n) is 9.10.